The van der Waals surface area contributed by atoms with Crippen LogP contribution in [0.15, 0.2) is 62.5 Å². The molecule has 4 rings (SSSR count). The Labute approximate surface area is 184 Å². The predicted molar refractivity (Wildman–Crippen MR) is 112 cm³/mol. The number of furan rings is 1. The molecule has 0 aliphatic carbocycles. The van der Waals surface area contributed by atoms with Gasteiger partial charge >= 0.3 is 17.2 Å². The van der Waals surface area contributed by atoms with E-state index in [4.69, 9.17) is 4.42 Å². The van der Waals surface area contributed by atoms with Crippen molar-refractivity contribution < 1.29 is 23.7 Å². The summed E-state index contributed by atoms with van der Waals surface area (Å²) in [6, 6.07) is 7.56. The quantitative estimate of drug-likeness (QED) is 0.316. The van der Waals surface area contributed by atoms with Gasteiger partial charge in [-0.3, -0.25) is 24.3 Å². The number of aromatic nitrogens is 1. The highest BCUT2D eigenvalue weighted by atomic mass is 32.1. The average Bonchev–Trinajstić information content (AvgIpc) is 3.54. The topological polar surface area (TPSA) is 137 Å². The molecule has 0 spiro atoms. The average molecular weight is 456 g/mol. The van der Waals surface area contributed by atoms with Crippen molar-refractivity contribution in [1.82, 2.24) is 9.58 Å². The van der Waals surface area contributed by atoms with E-state index in [1.807, 2.05) is 17.5 Å². The molecule has 0 N–H and O–H groups in total. The van der Waals surface area contributed by atoms with E-state index < -0.39 is 40.6 Å². The summed E-state index contributed by atoms with van der Waals surface area (Å²) in [5, 5.41) is 18.8. The van der Waals surface area contributed by atoms with Crippen LogP contribution in [0.3, 0.4) is 0 Å². The van der Waals surface area contributed by atoms with Gasteiger partial charge in [-0.05, 0) is 23.6 Å². The zero-order valence-electron chi connectivity index (χ0n) is 16.7. The van der Waals surface area contributed by atoms with Crippen LogP contribution in [0.1, 0.15) is 33.5 Å². The fourth-order valence-electron chi connectivity index (χ4n) is 3.35. The number of esters is 1. The largest absolute Gasteiger partial charge is 0.465 e. The zero-order chi connectivity index (χ0) is 22.8. The third-order valence-electron chi connectivity index (χ3n) is 4.83. The second-order valence-electron chi connectivity index (χ2n) is 6.79. The summed E-state index contributed by atoms with van der Waals surface area (Å²) < 4.78 is 10.8. The van der Waals surface area contributed by atoms with E-state index in [0.717, 1.165) is 28.8 Å². The predicted octanol–water partition coefficient (Wildman–Crippen LogP) is 2.58. The lowest BCUT2D eigenvalue weighted by atomic mass is 10.1. The Morgan fingerprint density at radius 2 is 2.19 bits per heavy atom. The molecule has 32 heavy (non-hydrogen) atoms. The van der Waals surface area contributed by atoms with Gasteiger partial charge in [-0.1, -0.05) is 6.07 Å². The van der Waals surface area contributed by atoms with Gasteiger partial charge in [0, 0.05) is 23.6 Å². The van der Waals surface area contributed by atoms with Gasteiger partial charge in [0.1, 0.15) is 18.0 Å². The van der Waals surface area contributed by atoms with Crippen molar-refractivity contribution in [2.24, 2.45) is 5.10 Å². The summed E-state index contributed by atoms with van der Waals surface area (Å²) >= 11 is 1.45. The Hall–Kier alpha value is -4.06. The fraction of sp³-hybridized carbons (Fsp3) is 0.200. The normalized spacial score (nSPS) is 15.5. The third kappa shape index (κ3) is 3.95. The van der Waals surface area contributed by atoms with E-state index >= 15 is 0 Å². The van der Waals surface area contributed by atoms with E-state index in [9.17, 15) is 24.5 Å². The van der Waals surface area contributed by atoms with Crippen LogP contribution in [0.25, 0.3) is 0 Å². The number of hydrazone groups is 1. The van der Waals surface area contributed by atoms with Crippen molar-refractivity contribution in [3.63, 3.8) is 0 Å². The second-order valence-corrected chi connectivity index (χ2v) is 7.77. The lowest BCUT2D eigenvalue weighted by molar-refractivity contribution is -0.386. The highest BCUT2D eigenvalue weighted by Crippen LogP contribution is 2.35. The van der Waals surface area contributed by atoms with E-state index in [1.165, 1.54) is 22.6 Å². The molecule has 164 valence electrons. The number of nitrogens with zero attached hydrogens (tertiary/aromatic N) is 4. The Bertz CT molecular complexity index is 1260. The minimum Gasteiger partial charge on any atom is -0.465 e. The molecular formula is C20H16N4O7S. The molecule has 1 amide bonds. The van der Waals surface area contributed by atoms with Crippen molar-refractivity contribution >= 4 is 34.6 Å². The Morgan fingerprint density at radius 1 is 1.38 bits per heavy atom. The molecule has 11 nitrogen and oxygen atoms in total. The molecule has 3 aromatic rings. The number of hydrogen-bond acceptors (Lipinski definition) is 9. The van der Waals surface area contributed by atoms with Crippen LogP contribution in [-0.4, -0.2) is 39.2 Å². The first-order valence-corrected chi connectivity index (χ1v) is 10.2. The number of nitro groups is 1. The summed E-state index contributed by atoms with van der Waals surface area (Å²) in [5.41, 5.74) is -1.51. The third-order valence-corrected chi connectivity index (χ3v) is 5.81. The highest BCUT2D eigenvalue weighted by Gasteiger charge is 2.35. The number of carbonyl (C=O) groups is 2. The number of rotatable bonds is 6. The number of pyridine rings is 1. The van der Waals surface area contributed by atoms with E-state index in [0.29, 0.717) is 17.9 Å². The first-order chi connectivity index (χ1) is 15.4. The number of carbonyl (C=O) groups excluding carboxylic acids is 2. The van der Waals surface area contributed by atoms with Gasteiger partial charge < -0.3 is 9.15 Å². The van der Waals surface area contributed by atoms with Crippen molar-refractivity contribution in [3.8, 4) is 0 Å². The molecule has 1 unspecified atom stereocenters. The van der Waals surface area contributed by atoms with Crippen LogP contribution in [0.2, 0.25) is 0 Å². The molecular weight excluding hydrogens is 440 g/mol. The molecule has 12 heteroatoms. The number of hydrogen-bond donors (Lipinski definition) is 0. The first-order valence-electron chi connectivity index (χ1n) is 9.33. The Kier molecular flexibility index (Phi) is 5.69. The molecule has 1 aliphatic rings. The highest BCUT2D eigenvalue weighted by molar-refractivity contribution is 7.10. The van der Waals surface area contributed by atoms with Crippen molar-refractivity contribution in [3.05, 3.63) is 84.8 Å². The fourth-order valence-corrected chi connectivity index (χ4v) is 4.16. The van der Waals surface area contributed by atoms with Gasteiger partial charge in [-0.25, -0.2) is 9.80 Å². The molecule has 3 aromatic heterocycles. The molecule has 1 atom stereocenters. The molecule has 0 aromatic carbocycles. The number of ether oxygens (including phenoxy) is 1. The molecule has 0 saturated carbocycles. The number of methoxy groups -OCH3 is 1. The molecule has 0 saturated heterocycles. The molecule has 0 bridgehead atoms. The number of thiophene rings is 1. The SMILES string of the molecule is COC(=O)c1cc([N+](=O)[O-])c(=O)n(CC(=O)N2N=C(c3ccco3)CC2c2cccs2)c1. The van der Waals surface area contributed by atoms with E-state index in [1.54, 1.807) is 12.1 Å². The van der Waals surface area contributed by atoms with Crippen molar-refractivity contribution in [1.29, 1.82) is 0 Å². The first kappa shape index (κ1) is 21.2. The maximum atomic E-state index is 13.2. The molecule has 4 heterocycles. The maximum absolute atomic E-state index is 13.2. The molecule has 1 aliphatic heterocycles. The summed E-state index contributed by atoms with van der Waals surface area (Å²) in [6.07, 6.45) is 2.96. The maximum Gasteiger partial charge on any atom is 0.339 e. The summed E-state index contributed by atoms with van der Waals surface area (Å²) in [5.74, 6) is -0.934. The summed E-state index contributed by atoms with van der Waals surface area (Å²) in [7, 11) is 1.11. The lowest BCUT2D eigenvalue weighted by Gasteiger charge is -2.21. The van der Waals surface area contributed by atoms with Gasteiger partial charge in [0.2, 0.25) is 0 Å². The monoisotopic (exact) mass is 456 g/mol. The zero-order valence-corrected chi connectivity index (χ0v) is 17.5. The standard InChI is InChI=1S/C20H16N4O7S/c1-30-20(27)12-8-15(24(28)29)19(26)22(10-12)11-18(25)23-14(17-5-3-7-32-17)9-13(21-23)16-4-2-6-31-16/h2-8,10,14H,9,11H2,1H3. The van der Waals surface area contributed by atoms with Gasteiger partial charge in [0.15, 0.2) is 0 Å². The Morgan fingerprint density at radius 3 is 2.81 bits per heavy atom. The van der Waals surface area contributed by atoms with Crippen molar-refractivity contribution in [2.45, 2.75) is 19.0 Å². The molecule has 0 fully saturated rings. The van der Waals surface area contributed by atoms with Gasteiger partial charge in [0.25, 0.3) is 5.91 Å². The minimum absolute atomic E-state index is 0.220. The minimum atomic E-state index is -1.02. The van der Waals surface area contributed by atoms with E-state index in [-0.39, 0.29) is 5.56 Å². The van der Waals surface area contributed by atoms with Crippen LogP contribution in [0.5, 0.6) is 0 Å². The van der Waals surface area contributed by atoms with Crippen LogP contribution in [0, 0.1) is 10.1 Å². The lowest BCUT2D eigenvalue weighted by Crippen LogP contribution is -2.34. The van der Waals surface area contributed by atoms with Crippen LogP contribution in [0.4, 0.5) is 5.69 Å². The van der Waals surface area contributed by atoms with E-state index in [2.05, 4.69) is 9.84 Å². The van der Waals surface area contributed by atoms with Gasteiger partial charge in [-0.15, -0.1) is 11.3 Å². The van der Waals surface area contributed by atoms with Crippen LogP contribution in [-0.2, 0) is 16.1 Å². The van der Waals surface area contributed by atoms with Crippen LogP contribution < -0.4 is 5.56 Å². The second kappa shape index (κ2) is 8.59. The van der Waals surface area contributed by atoms with Gasteiger partial charge in [0.05, 0.1) is 29.9 Å². The van der Waals surface area contributed by atoms with Crippen molar-refractivity contribution in [2.75, 3.05) is 7.11 Å². The smallest absolute Gasteiger partial charge is 0.339 e. The number of amides is 1. The van der Waals surface area contributed by atoms with Crippen LogP contribution >= 0.6 is 11.3 Å². The molecule has 0 radical (unpaired) electrons. The van der Waals surface area contributed by atoms with Gasteiger partial charge in [-0.2, -0.15) is 5.10 Å². The summed E-state index contributed by atoms with van der Waals surface area (Å²) in [4.78, 5) is 48.8. The summed E-state index contributed by atoms with van der Waals surface area (Å²) in [6.45, 7) is -0.554. The Balaban J connectivity index is 1.70.